The minimum atomic E-state index is 0.255. The molecule has 0 bridgehead atoms. The van der Waals surface area contributed by atoms with Crippen LogP contribution in [-0.4, -0.2) is 6.54 Å². The molecule has 3 heteroatoms. The predicted octanol–water partition coefficient (Wildman–Crippen LogP) is 5.19. The molecule has 20 heavy (non-hydrogen) atoms. The smallest absolute Gasteiger partial charge is 0.132 e. The topological polar surface area (TPSA) is 21.3 Å². The summed E-state index contributed by atoms with van der Waals surface area (Å²) in [7, 11) is 0. The molecule has 0 aliphatic rings. The summed E-state index contributed by atoms with van der Waals surface area (Å²) in [6.45, 7) is 5.30. The maximum absolute atomic E-state index is 5.99. The summed E-state index contributed by atoms with van der Waals surface area (Å²) in [5.41, 5.74) is 1.15. The molecule has 2 rings (SSSR count). The van der Waals surface area contributed by atoms with Crippen molar-refractivity contribution in [2.45, 2.75) is 26.3 Å². The highest BCUT2D eigenvalue weighted by Gasteiger charge is 2.11. The minimum Gasteiger partial charge on any atom is -0.457 e. The summed E-state index contributed by atoms with van der Waals surface area (Å²) in [5, 5.41) is 4.16. The standard InChI is InChI=1S/C17H20ClNO/c1-3-11-19-13(2)16-9-4-5-10-17(16)20-15-8-6-7-14(18)12-15/h4-10,12-13,19H,3,11H2,1-2H3. The van der Waals surface area contributed by atoms with Gasteiger partial charge in [-0.1, -0.05) is 42.8 Å². The first-order valence-electron chi connectivity index (χ1n) is 6.96. The zero-order chi connectivity index (χ0) is 14.4. The molecule has 0 radical (unpaired) electrons. The second-order valence-corrected chi connectivity index (χ2v) is 5.21. The molecule has 0 heterocycles. The first kappa shape index (κ1) is 14.9. The number of para-hydroxylation sites is 1. The number of hydrogen-bond donors (Lipinski definition) is 1. The summed E-state index contributed by atoms with van der Waals surface area (Å²) < 4.78 is 5.97. The third-order valence-corrected chi connectivity index (χ3v) is 3.35. The second kappa shape index (κ2) is 7.32. The Bertz CT molecular complexity index is 556. The van der Waals surface area contributed by atoms with Gasteiger partial charge in [0, 0.05) is 16.6 Å². The zero-order valence-electron chi connectivity index (χ0n) is 11.9. The molecule has 0 aliphatic heterocycles. The molecule has 1 unspecified atom stereocenters. The molecule has 2 aromatic rings. The number of nitrogens with one attached hydrogen (secondary N) is 1. The lowest BCUT2D eigenvalue weighted by molar-refractivity contribution is 0.461. The van der Waals surface area contributed by atoms with Crippen molar-refractivity contribution < 1.29 is 4.74 Å². The highest BCUT2D eigenvalue weighted by molar-refractivity contribution is 6.30. The van der Waals surface area contributed by atoms with Gasteiger partial charge >= 0.3 is 0 Å². The van der Waals surface area contributed by atoms with Crippen LogP contribution in [-0.2, 0) is 0 Å². The van der Waals surface area contributed by atoms with Gasteiger partial charge in [-0.05, 0) is 44.2 Å². The molecule has 1 N–H and O–H groups in total. The van der Waals surface area contributed by atoms with Crippen molar-refractivity contribution in [3.8, 4) is 11.5 Å². The van der Waals surface area contributed by atoms with Crippen LogP contribution in [0.15, 0.2) is 48.5 Å². The predicted molar refractivity (Wildman–Crippen MR) is 84.7 cm³/mol. The maximum atomic E-state index is 5.99. The van der Waals surface area contributed by atoms with Crippen molar-refractivity contribution >= 4 is 11.6 Å². The van der Waals surface area contributed by atoms with Gasteiger partial charge in [-0.3, -0.25) is 0 Å². The molecule has 1 atom stereocenters. The van der Waals surface area contributed by atoms with Gasteiger partial charge in [-0.2, -0.15) is 0 Å². The summed E-state index contributed by atoms with van der Waals surface area (Å²) >= 11 is 5.99. The molecule has 2 nitrogen and oxygen atoms in total. The van der Waals surface area contributed by atoms with Gasteiger partial charge in [0.1, 0.15) is 11.5 Å². The number of halogens is 1. The number of benzene rings is 2. The van der Waals surface area contributed by atoms with Crippen molar-refractivity contribution in [1.29, 1.82) is 0 Å². The quantitative estimate of drug-likeness (QED) is 0.790. The molecule has 0 spiro atoms. The van der Waals surface area contributed by atoms with Gasteiger partial charge in [-0.25, -0.2) is 0 Å². The minimum absolute atomic E-state index is 0.255. The van der Waals surface area contributed by atoms with Crippen molar-refractivity contribution in [3.05, 3.63) is 59.1 Å². The second-order valence-electron chi connectivity index (χ2n) is 4.77. The van der Waals surface area contributed by atoms with Crippen LogP contribution in [0, 0.1) is 0 Å². The first-order valence-corrected chi connectivity index (χ1v) is 7.34. The van der Waals surface area contributed by atoms with Gasteiger partial charge in [-0.15, -0.1) is 0 Å². The van der Waals surface area contributed by atoms with E-state index in [4.69, 9.17) is 16.3 Å². The lowest BCUT2D eigenvalue weighted by atomic mass is 10.1. The highest BCUT2D eigenvalue weighted by Crippen LogP contribution is 2.30. The Hall–Kier alpha value is -1.51. The van der Waals surface area contributed by atoms with E-state index < -0.39 is 0 Å². The van der Waals surface area contributed by atoms with Crippen LogP contribution in [0.25, 0.3) is 0 Å². The number of rotatable bonds is 6. The molecule has 0 saturated carbocycles. The molecule has 106 valence electrons. The lowest BCUT2D eigenvalue weighted by Crippen LogP contribution is -2.19. The number of hydrogen-bond acceptors (Lipinski definition) is 2. The summed E-state index contributed by atoms with van der Waals surface area (Å²) in [4.78, 5) is 0. The largest absolute Gasteiger partial charge is 0.457 e. The molecular weight excluding hydrogens is 270 g/mol. The van der Waals surface area contributed by atoms with Crippen LogP contribution < -0.4 is 10.1 Å². The Morgan fingerprint density at radius 1 is 1.15 bits per heavy atom. The van der Waals surface area contributed by atoms with Crippen LogP contribution in [0.2, 0.25) is 5.02 Å². The van der Waals surface area contributed by atoms with E-state index in [1.165, 1.54) is 0 Å². The average molecular weight is 290 g/mol. The lowest BCUT2D eigenvalue weighted by Gasteiger charge is -2.18. The Balaban J connectivity index is 2.19. The van der Waals surface area contributed by atoms with E-state index >= 15 is 0 Å². The van der Waals surface area contributed by atoms with Crippen LogP contribution in [0.5, 0.6) is 11.5 Å². The third-order valence-electron chi connectivity index (χ3n) is 3.11. The van der Waals surface area contributed by atoms with Crippen LogP contribution in [0.4, 0.5) is 0 Å². The van der Waals surface area contributed by atoms with E-state index in [9.17, 15) is 0 Å². The van der Waals surface area contributed by atoms with Crippen LogP contribution >= 0.6 is 11.6 Å². The molecule has 2 aromatic carbocycles. The fourth-order valence-corrected chi connectivity index (χ4v) is 2.24. The monoisotopic (exact) mass is 289 g/mol. The van der Waals surface area contributed by atoms with Crippen LogP contribution in [0.3, 0.4) is 0 Å². The summed E-state index contributed by atoms with van der Waals surface area (Å²) in [6.07, 6.45) is 1.11. The Kier molecular flexibility index (Phi) is 5.45. The molecular formula is C17H20ClNO. The Morgan fingerprint density at radius 3 is 2.70 bits per heavy atom. The summed E-state index contributed by atoms with van der Waals surface area (Å²) in [5.74, 6) is 1.62. The van der Waals surface area contributed by atoms with Gasteiger partial charge in [0.15, 0.2) is 0 Å². The molecule has 0 amide bonds. The maximum Gasteiger partial charge on any atom is 0.132 e. The van der Waals surface area contributed by atoms with E-state index in [1.54, 1.807) is 0 Å². The van der Waals surface area contributed by atoms with E-state index in [1.807, 2.05) is 42.5 Å². The molecule has 0 aromatic heterocycles. The number of ether oxygens (including phenoxy) is 1. The third kappa shape index (κ3) is 3.99. The first-order chi connectivity index (χ1) is 9.70. The summed E-state index contributed by atoms with van der Waals surface area (Å²) in [6, 6.07) is 15.8. The normalized spacial score (nSPS) is 12.2. The van der Waals surface area contributed by atoms with Crippen molar-refractivity contribution in [3.63, 3.8) is 0 Å². The van der Waals surface area contributed by atoms with Gasteiger partial charge in [0.05, 0.1) is 0 Å². The van der Waals surface area contributed by atoms with Crippen molar-refractivity contribution in [2.75, 3.05) is 6.54 Å². The SMILES string of the molecule is CCCNC(C)c1ccccc1Oc1cccc(Cl)c1. The molecule has 0 saturated heterocycles. The van der Waals surface area contributed by atoms with Gasteiger partial charge in [0.25, 0.3) is 0 Å². The Morgan fingerprint density at radius 2 is 1.95 bits per heavy atom. The van der Waals surface area contributed by atoms with Crippen molar-refractivity contribution in [2.24, 2.45) is 0 Å². The van der Waals surface area contributed by atoms with E-state index in [2.05, 4.69) is 25.2 Å². The fraction of sp³-hybridized carbons (Fsp3) is 0.294. The van der Waals surface area contributed by atoms with E-state index in [-0.39, 0.29) is 6.04 Å². The van der Waals surface area contributed by atoms with E-state index in [0.717, 1.165) is 30.0 Å². The van der Waals surface area contributed by atoms with Crippen LogP contribution in [0.1, 0.15) is 31.9 Å². The molecule has 0 aliphatic carbocycles. The average Bonchev–Trinajstić information content (AvgIpc) is 2.45. The highest BCUT2D eigenvalue weighted by atomic mass is 35.5. The van der Waals surface area contributed by atoms with Gasteiger partial charge in [0.2, 0.25) is 0 Å². The zero-order valence-corrected chi connectivity index (χ0v) is 12.7. The molecule has 0 fully saturated rings. The van der Waals surface area contributed by atoms with E-state index in [0.29, 0.717) is 5.02 Å². The fourth-order valence-electron chi connectivity index (χ4n) is 2.06. The Labute approximate surface area is 125 Å². The van der Waals surface area contributed by atoms with Crippen molar-refractivity contribution in [1.82, 2.24) is 5.32 Å². The van der Waals surface area contributed by atoms with Gasteiger partial charge < -0.3 is 10.1 Å².